The fourth-order valence-corrected chi connectivity index (χ4v) is 3.69. The lowest BCUT2D eigenvalue weighted by molar-refractivity contribution is -0.115. The van der Waals surface area contributed by atoms with E-state index in [9.17, 15) is 9.59 Å². The average Bonchev–Trinajstić information content (AvgIpc) is 3.33. The summed E-state index contributed by atoms with van der Waals surface area (Å²) in [6.45, 7) is 3.30. The highest BCUT2D eigenvalue weighted by molar-refractivity contribution is 7.14. The molecule has 9 heteroatoms. The molecule has 4 aromatic rings. The van der Waals surface area contributed by atoms with Crippen LogP contribution in [0.2, 0.25) is 0 Å². The number of hydrogen-bond acceptors (Lipinski definition) is 7. The Labute approximate surface area is 170 Å². The number of carbonyl (C=O) groups is 2. The minimum absolute atomic E-state index is 0.00899. The first kappa shape index (κ1) is 18.8. The second kappa shape index (κ2) is 7.80. The van der Waals surface area contributed by atoms with Gasteiger partial charge in [-0.15, -0.1) is 21.5 Å². The van der Waals surface area contributed by atoms with Crippen LogP contribution < -0.4 is 4.90 Å². The summed E-state index contributed by atoms with van der Waals surface area (Å²) in [4.78, 5) is 30.5. The predicted octanol–water partition coefficient (Wildman–Crippen LogP) is 3.54. The van der Waals surface area contributed by atoms with Gasteiger partial charge in [-0.2, -0.15) is 0 Å². The smallest absolute Gasteiger partial charge is 0.340 e. The van der Waals surface area contributed by atoms with Crippen molar-refractivity contribution in [2.75, 3.05) is 4.90 Å². The van der Waals surface area contributed by atoms with Gasteiger partial charge in [0.15, 0.2) is 10.8 Å². The number of thiazole rings is 1. The van der Waals surface area contributed by atoms with Crippen molar-refractivity contribution in [1.82, 2.24) is 19.6 Å². The van der Waals surface area contributed by atoms with E-state index in [2.05, 4.69) is 15.2 Å². The summed E-state index contributed by atoms with van der Waals surface area (Å²) >= 11 is 1.32. The first-order chi connectivity index (χ1) is 14.0. The van der Waals surface area contributed by atoms with Crippen LogP contribution in [0, 0.1) is 6.92 Å². The molecular formula is C20H17N5O3S. The van der Waals surface area contributed by atoms with Gasteiger partial charge in [-0.25, -0.2) is 9.78 Å². The molecule has 0 bridgehead atoms. The number of para-hydroxylation sites is 1. The number of aryl methyl sites for hydroxylation is 1. The minimum atomic E-state index is -0.471. The lowest BCUT2D eigenvalue weighted by Gasteiger charge is -2.17. The Morgan fingerprint density at radius 1 is 1.14 bits per heavy atom. The maximum Gasteiger partial charge on any atom is 0.340 e. The zero-order valence-electron chi connectivity index (χ0n) is 15.8. The van der Waals surface area contributed by atoms with Crippen molar-refractivity contribution in [3.05, 3.63) is 71.1 Å². The molecule has 0 unspecified atom stereocenters. The van der Waals surface area contributed by atoms with Crippen molar-refractivity contribution in [2.24, 2.45) is 0 Å². The summed E-state index contributed by atoms with van der Waals surface area (Å²) in [5.41, 5.74) is 2.36. The highest BCUT2D eigenvalue weighted by atomic mass is 32.1. The van der Waals surface area contributed by atoms with E-state index < -0.39 is 5.97 Å². The molecule has 8 nitrogen and oxygen atoms in total. The van der Waals surface area contributed by atoms with Gasteiger partial charge in [0.1, 0.15) is 12.4 Å². The van der Waals surface area contributed by atoms with Crippen molar-refractivity contribution < 1.29 is 14.3 Å². The van der Waals surface area contributed by atoms with Crippen LogP contribution in [0.4, 0.5) is 10.8 Å². The quantitative estimate of drug-likeness (QED) is 0.470. The number of fused-ring (bicyclic) bond motifs is 1. The molecule has 0 saturated heterocycles. The first-order valence-corrected chi connectivity index (χ1v) is 9.69. The second-order valence-electron chi connectivity index (χ2n) is 6.28. The van der Waals surface area contributed by atoms with E-state index in [0.717, 1.165) is 5.69 Å². The van der Waals surface area contributed by atoms with Crippen LogP contribution in [0.5, 0.6) is 0 Å². The molecule has 1 amide bonds. The number of rotatable bonds is 5. The molecule has 0 aliphatic carbocycles. The molecule has 29 heavy (non-hydrogen) atoms. The van der Waals surface area contributed by atoms with Crippen molar-refractivity contribution in [3.8, 4) is 0 Å². The van der Waals surface area contributed by atoms with Crippen LogP contribution >= 0.6 is 11.3 Å². The summed E-state index contributed by atoms with van der Waals surface area (Å²) in [6, 6.07) is 12.6. The lowest BCUT2D eigenvalue weighted by Crippen LogP contribution is -2.22. The molecular weight excluding hydrogens is 390 g/mol. The van der Waals surface area contributed by atoms with Gasteiger partial charge in [0.2, 0.25) is 5.91 Å². The standard InChI is InChI=1S/C20H17N5O3S/c1-13-22-23-18-9-8-15(10-24(13)18)19(27)28-11-16-12-29-20(21-16)25(14(2)26)17-6-4-3-5-7-17/h3-10,12H,11H2,1-2H3. The molecule has 1 aromatic carbocycles. The molecule has 0 aliphatic heterocycles. The molecule has 0 atom stereocenters. The molecule has 0 fully saturated rings. The number of nitrogens with zero attached hydrogens (tertiary/aromatic N) is 5. The first-order valence-electron chi connectivity index (χ1n) is 8.81. The number of anilines is 2. The number of hydrogen-bond donors (Lipinski definition) is 0. The van der Waals surface area contributed by atoms with Crippen molar-refractivity contribution in [3.63, 3.8) is 0 Å². The normalized spacial score (nSPS) is 10.8. The van der Waals surface area contributed by atoms with Crippen LogP contribution in [0.1, 0.15) is 28.8 Å². The van der Waals surface area contributed by atoms with Crippen molar-refractivity contribution in [2.45, 2.75) is 20.5 Å². The van der Waals surface area contributed by atoms with Gasteiger partial charge in [-0.1, -0.05) is 18.2 Å². The third-order valence-electron chi connectivity index (χ3n) is 4.22. The maximum absolute atomic E-state index is 12.4. The lowest BCUT2D eigenvalue weighted by atomic mass is 10.3. The fraction of sp³-hybridized carbons (Fsp3) is 0.150. The number of benzene rings is 1. The van der Waals surface area contributed by atoms with Crippen LogP contribution in [0.25, 0.3) is 5.65 Å². The predicted molar refractivity (Wildman–Crippen MR) is 108 cm³/mol. The summed E-state index contributed by atoms with van der Waals surface area (Å²) in [5, 5.41) is 10.3. The van der Waals surface area contributed by atoms with E-state index in [4.69, 9.17) is 4.74 Å². The molecule has 0 spiro atoms. The van der Waals surface area contributed by atoms with Crippen molar-refractivity contribution in [1.29, 1.82) is 0 Å². The van der Waals surface area contributed by atoms with E-state index in [0.29, 0.717) is 27.9 Å². The highest BCUT2D eigenvalue weighted by Crippen LogP contribution is 2.29. The van der Waals surface area contributed by atoms with Gasteiger partial charge in [0.25, 0.3) is 0 Å². The molecule has 0 saturated carbocycles. The molecule has 146 valence electrons. The Kier molecular flexibility index (Phi) is 5.05. The van der Waals surface area contributed by atoms with E-state index in [-0.39, 0.29) is 12.5 Å². The summed E-state index contributed by atoms with van der Waals surface area (Å²) in [6.07, 6.45) is 1.65. The third-order valence-corrected chi connectivity index (χ3v) is 5.09. The number of amides is 1. The molecule has 0 aliphatic rings. The Balaban J connectivity index is 1.47. The van der Waals surface area contributed by atoms with E-state index in [1.807, 2.05) is 30.3 Å². The van der Waals surface area contributed by atoms with Gasteiger partial charge in [-0.05, 0) is 31.2 Å². The van der Waals surface area contributed by atoms with Gasteiger partial charge in [0.05, 0.1) is 16.9 Å². The highest BCUT2D eigenvalue weighted by Gasteiger charge is 2.18. The molecule has 3 heterocycles. The van der Waals surface area contributed by atoms with Gasteiger partial charge in [-0.3, -0.25) is 14.1 Å². The summed E-state index contributed by atoms with van der Waals surface area (Å²) in [7, 11) is 0. The molecule has 4 rings (SSSR count). The van der Waals surface area contributed by atoms with Gasteiger partial charge < -0.3 is 4.74 Å². The monoisotopic (exact) mass is 407 g/mol. The van der Waals surface area contributed by atoms with Crippen LogP contribution in [0.15, 0.2) is 54.0 Å². The minimum Gasteiger partial charge on any atom is -0.456 e. The summed E-state index contributed by atoms with van der Waals surface area (Å²) in [5.74, 6) is 0.0665. The Morgan fingerprint density at radius 3 is 2.69 bits per heavy atom. The van der Waals surface area contributed by atoms with E-state index in [1.54, 1.807) is 35.0 Å². The zero-order valence-corrected chi connectivity index (χ0v) is 16.6. The Bertz CT molecular complexity index is 1190. The topological polar surface area (TPSA) is 89.7 Å². The summed E-state index contributed by atoms with van der Waals surface area (Å²) < 4.78 is 7.11. The number of carbonyl (C=O) groups excluding carboxylic acids is 2. The van der Waals surface area contributed by atoms with Crippen LogP contribution in [0.3, 0.4) is 0 Å². The van der Waals surface area contributed by atoms with E-state index in [1.165, 1.54) is 23.2 Å². The number of pyridine rings is 1. The fourth-order valence-electron chi connectivity index (χ4n) is 2.82. The number of esters is 1. The van der Waals surface area contributed by atoms with E-state index >= 15 is 0 Å². The molecule has 0 radical (unpaired) electrons. The number of aromatic nitrogens is 4. The largest absolute Gasteiger partial charge is 0.456 e. The Morgan fingerprint density at radius 2 is 1.93 bits per heavy atom. The third kappa shape index (κ3) is 3.85. The van der Waals surface area contributed by atoms with Gasteiger partial charge in [0, 0.05) is 18.5 Å². The average molecular weight is 407 g/mol. The molecule has 0 N–H and O–H groups in total. The van der Waals surface area contributed by atoms with Crippen molar-refractivity contribution >= 4 is 39.7 Å². The van der Waals surface area contributed by atoms with Gasteiger partial charge >= 0.3 is 5.97 Å². The second-order valence-corrected chi connectivity index (χ2v) is 7.12. The number of ether oxygens (including phenoxy) is 1. The molecule has 3 aromatic heterocycles. The van der Waals surface area contributed by atoms with Crippen LogP contribution in [-0.2, 0) is 16.1 Å². The SMILES string of the molecule is CC(=O)N(c1ccccc1)c1nc(COC(=O)c2ccc3nnc(C)n3c2)cs1. The Hall–Kier alpha value is -3.59. The van der Waals surface area contributed by atoms with Crippen LogP contribution in [-0.4, -0.2) is 31.5 Å². The maximum atomic E-state index is 12.4. The zero-order chi connectivity index (χ0) is 20.4.